The highest BCUT2D eigenvalue weighted by Gasteiger charge is 2.22. The minimum absolute atomic E-state index is 0. The summed E-state index contributed by atoms with van der Waals surface area (Å²) < 4.78 is 8.07. The van der Waals surface area contributed by atoms with Crippen molar-refractivity contribution in [2.45, 2.75) is 32.7 Å². The van der Waals surface area contributed by atoms with Gasteiger partial charge in [-0.3, -0.25) is 4.99 Å². The number of rotatable bonds is 8. The van der Waals surface area contributed by atoms with Crippen molar-refractivity contribution < 1.29 is 4.74 Å². The first kappa shape index (κ1) is 22.4. The second kappa shape index (κ2) is 10.7. The van der Waals surface area contributed by atoms with Crippen LogP contribution < -0.4 is 15.4 Å². The molecule has 0 atom stereocenters. The summed E-state index contributed by atoms with van der Waals surface area (Å²) >= 11 is 0. The van der Waals surface area contributed by atoms with Crippen LogP contribution in [0.1, 0.15) is 29.7 Å². The van der Waals surface area contributed by atoms with E-state index in [4.69, 9.17) is 9.72 Å². The Hall–Kier alpha value is -2.29. The van der Waals surface area contributed by atoms with Gasteiger partial charge in [0.1, 0.15) is 11.4 Å². The number of imidazole rings is 1. The number of hydrogen-bond acceptors (Lipinski definition) is 3. The lowest BCUT2D eigenvalue weighted by molar-refractivity contribution is 0.296. The van der Waals surface area contributed by atoms with Gasteiger partial charge in [-0.05, 0) is 43.4 Å². The zero-order valence-electron chi connectivity index (χ0n) is 17.6. The van der Waals surface area contributed by atoms with Crippen molar-refractivity contribution in [1.82, 2.24) is 20.0 Å². The van der Waals surface area contributed by atoms with Crippen molar-refractivity contribution in [3.63, 3.8) is 0 Å². The Morgan fingerprint density at radius 1 is 1.20 bits per heavy atom. The number of pyridine rings is 1. The lowest BCUT2D eigenvalue weighted by atomic mass is 10.2. The predicted octanol–water partition coefficient (Wildman–Crippen LogP) is 3.96. The van der Waals surface area contributed by atoms with Crippen LogP contribution in [0.4, 0.5) is 0 Å². The summed E-state index contributed by atoms with van der Waals surface area (Å²) in [6.07, 6.45) is 7.55. The van der Waals surface area contributed by atoms with Crippen LogP contribution in [-0.2, 0) is 13.0 Å². The molecule has 0 spiro atoms. The zero-order chi connectivity index (χ0) is 20.1. The van der Waals surface area contributed by atoms with Crippen LogP contribution in [0.25, 0.3) is 5.65 Å². The summed E-state index contributed by atoms with van der Waals surface area (Å²) in [6.45, 7) is 4.35. The number of nitrogens with one attached hydrogen (secondary N) is 2. The first-order chi connectivity index (χ1) is 14.2. The second-order valence-electron chi connectivity index (χ2n) is 7.62. The van der Waals surface area contributed by atoms with E-state index < -0.39 is 0 Å². The molecule has 2 aromatic heterocycles. The van der Waals surface area contributed by atoms with Gasteiger partial charge in [0, 0.05) is 44.5 Å². The number of hydrogen-bond donors (Lipinski definition) is 2. The van der Waals surface area contributed by atoms with E-state index in [1.165, 1.54) is 18.4 Å². The summed E-state index contributed by atoms with van der Waals surface area (Å²) in [6, 6.07) is 12.3. The Labute approximate surface area is 195 Å². The molecule has 160 valence electrons. The van der Waals surface area contributed by atoms with Gasteiger partial charge in [0.15, 0.2) is 5.96 Å². The topological polar surface area (TPSA) is 63.0 Å². The van der Waals surface area contributed by atoms with E-state index in [0.29, 0.717) is 6.54 Å². The highest BCUT2D eigenvalue weighted by Crippen LogP contribution is 2.30. The molecular formula is C23H30IN5O. The summed E-state index contributed by atoms with van der Waals surface area (Å²) in [5.41, 5.74) is 4.42. The number of ether oxygens (including phenoxy) is 1. The Balaban J connectivity index is 0.00000256. The summed E-state index contributed by atoms with van der Waals surface area (Å²) in [4.78, 5) is 9.06. The lowest BCUT2D eigenvalue weighted by Crippen LogP contribution is -2.38. The molecule has 2 heterocycles. The van der Waals surface area contributed by atoms with Crippen LogP contribution in [0.15, 0.2) is 53.8 Å². The molecule has 0 unspecified atom stereocenters. The lowest BCUT2D eigenvalue weighted by Gasteiger charge is -2.14. The van der Waals surface area contributed by atoms with Crippen LogP contribution in [-0.4, -0.2) is 35.5 Å². The predicted molar refractivity (Wildman–Crippen MR) is 132 cm³/mol. The van der Waals surface area contributed by atoms with E-state index in [9.17, 15) is 0 Å². The standard InChI is InChI=1S/C23H29N5O.HI/c1-17-6-5-13-28-15-20(27-22(17)28)11-12-25-23(24-2)26-14-19-7-3-4-8-21(19)29-16-18-9-10-18;/h3-8,13,15,18H,9-12,14,16H2,1-2H3,(H2,24,25,26);1H. The number of aliphatic imine (C=N–C) groups is 1. The van der Waals surface area contributed by atoms with Gasteiger partial charge in [-0.2, -0.15) is 0 Å². The minimum Gasteiger partial charge on any atom is -0.493 e. The first-order valence-electron chi connectivity index (χ1n) is 10.3. The van der Waals surface area contributed by atoms with Crippen molar-refractivity contribution in [1.29, 1.82) is 0 Å². The smallest absolute Gasteiger partial charge is 0.191 e. The van der Waals surface area contributed by atoms with Crippen molar-refractivity contribution in [3.8, 4) is 5.75 Å². The largest absolute Gasteiger partial charge is 0.493 e. The van der Waals surface area contributed by atoms with Crippen molar-refractivity contribution >= 4 is 35.6 Å². The zero-order valence-corrected chi connectivity index (χ0v) is 19.9. The number of fused-ring (bicyclic) bond motifs is 1. The molecule has 0 saturated heterocycles. The Morgan fingerprint density at radius 2 is 2.03 bits per heavy atom. The van der Waals surface area contributed by atoms with Crippen molar-refractivity contribution in [2.75, 3.05) is 20.2 Å². The van der Waals surface area contributed by atoms with Gasteiger partial charge in [0.2, 0.25) is 0 Å². The fraction of sp³-hybridized carbons (Fsp3) is 0.391. The number of aryl methyl sites for hydroxylation is 1. The molecule has 0 aliphatic heterocycles. The monoisotopic (exact) mass is 519 g/mol. The highest BCUT2D eigenvalue weighted by molar-refractivity contribution is 14.0. The van der Waals surface area contributed by atoms with Gasteiger partial charge in [0.25, 0.3) is 0 Å². The van der Waals surface area contributed by atoms with Crippen LogP contribution in [0, 0.1) is 12.8 Å². The van der Waals surface area contributed by atoms with Crippen LogP contribution >= 0.6 is 24.0 Å². The van der Waals surface area contributed by atoms with Crippen molar-refractivity contribution in [2.24, 2.45) is 10.9 Å². The highest BCUT2D eigenvalue weighted by atomic mass is 127. The fourth-order valence-corrected chi connectivity index (χ4v) is 3.32. The number of guanidine groups is 1. The van der Waals surface area contributed by atoms with Crippen molar-refractivity contribution in [3.05, 3.63) is 65.6 Å². The SMILES string of the molecule is CN=C(NCCc1cn2cccc(C)c2n1)NCc1ccccc1OCC1CC1.I. The Kier molecular flexibility index (Phi) is 7.95. The third-order valence-electron chi connectivity index (χ3n) is 5.22. The Bertz CT molecular complexity index is 996. The maximum atomic E-state index is 5.99. The second-order valence-corrected chi connectivity index (χ2v) is 7.62. The number of nitrogens with zero attached hydrogens (tertiary/aromatic N) is 3. The quantitative estimate of drug-likeness (QED) is 0.269. The van der Waals surface area contributed by atoms with Gasteiger partial charge in [-0.25, -0.2) is 4.98 Å². The number of halogens is 1. The van der Waals surface area contributed by atoms with Crippen LogP contribution in [0.2, 0.25) is 0 Å². The molecule has 2 N–H and O–H groups in total. The molecular weight excluding hydrogens is 489 g/mol. The summed E-state index contributed by atoms with van der Waals surface area (Å²) in [7, 11) is 1.79. The molecule has 0 radical (unpaired) electrons. The number of benzene rings is 1. The maximum Gasteiger partial charge on any atom is 0.191 e. The van der Waals surface area contributed by atoms with E-state index in [1.807, 2.05) is 30.5 Å². The third kappa shape index (κ3) is 5.87. The normalized spacial score (nSPS) is 13.7. The summed E-state index contributed by atoms with van der Waals surface area (Å²) in [5, 5.41) is 6.76. The van der Waals surface area contributed by atoms with E-state index in [-0.39, 0.29) is 24.0 Å². The molecule has 6 nitrogen and oxygen atoms in total. The molecule has 1 fully saturated rings. The molecule has 3 aromatic rings. The molecule has 1 aliphatic carbocycles. The van der Waals surface area contributed by atoms with E-state index in [2.05, 4.69) is 45.3 Å². The van der Waals surface area contributed by atoms with Gasteiger partial charge in [0.05, 0.1) is 12.3 Å². The Morgan fingerprint density at radius 3 is 2.80 bits per heavy atom. The van der Waals surface area contributed by atoms with Gasteiger partial charge in [-0.1, -0.05) is 24.3 Å². The molecule has 4 rings (SSSR count). The number of aromatic nitrogens is 2. The molecule has 0 amide bonds. The first-order valence-corrected chi connectivity index (χ1v) is 10.3. The van der Waals surface area contributed by atoms with E-state index in [1.54, 1.807) is 7.05 Å². The molecule has 0 bridgehead atoms. The molecule has 1 aliphatic rings. The molecule has 1 saturated carbocycles. The fourth-order valence-electron chi connectivity index (χ4n) is 3.32. The maximum absolute atomic E-state index is 5.99. The summed E-state index contributed by atoms with van der Waals surface area (Å²) in [5.74, 6) is 2.48. The van der Waals surface area contributed by atoms with Crippen LogP contribution in [0.5, 0.6) is 5.75 Å². The molecule has 7 heteroatoms. The average Bonchev–Trinajstić information content (AvgIpc) is 3.47. The van der Waals surface area contributed by atoms with Crippen LogP contribution in [0.3, 0.4) is 0 Å². The van der Waals surface area contributed by atoms with Gasteiger partial charge < -0.3 is 19.8 Å². The third-order valence-corrected chi connectivity index (χ3v) is 5.22. The number of para-hydroxylation sites is 1. The molecule has 30 heavy (non-hydrogen) atoms. The van der Waals surface area contributed by atoms with E-state index in [0.717, 1.165) is 54.1 Å². The average molecular weight is 519 g/mol. The molecule has 1 aromatic carbocycles. The minimum atomic E-state index is 0. The van der Waals surface area contributed by atoms with Gasteiger partial charge in [-0.15, -0.1) is 24.0 Å². The van der Waals surface area contributed by atoms with Gasteiger partial charge >= 0.3 is 0 Å². The van der Waals surface area contributed by atoms with E-state index >= 15 is 0 Å².